The molecule has 1 aliphatic carbocycles. The highest BCUT2D eigenvalue weighted by Crippen LogP contribution is 2.31. The molecule has 0 saturated heterocycles. The van der Waals surface area contributed by atoms with Crippen molar-refractivity contribution >= 4 is 51.4 Å². The molecule has 0 bridgehead atoms. The number of nitrogens with zero attached hydrogens (tertiary/aromatic N) is 3. The van der Waals surface area contributed by atoms with Gasteiger partial charge in [-0.05, 0) is 25.0 Å². The minimum absolute atomic E-state index is 0.0427. The van der Waals surface area contributed by atoms with Crippen molar-refractivity contribution in [3.63, 3.8) is 0 Å². The van der Waals surface area contributed by atoms with E-state index in [0.29, 0.717) is 11.7 Å². The summed E-state index contributed by atoms with van der Waals surface area (Å²) in [4.78, 5) is 26.1. The third-order valence-corrected chi connectivity index (χ3v) is 6.70. The summed E-state index contributed by atoms with van der Waals surface area (Å²) in [5.74, 6) is -0.0686. The molecule has 0 spiro atoms. The van der Waals surface area contributed by atoms with Crippen LogP contribution in [0.25, 0.3) is 0 Å². The molecule has 2 N–H and O–H groups in total. The standard InChI is InChI=1S/C18H21N5O2S2/c24-15-10-23(14-9-5-4-8-13(14)20-15)16(25)11-26-18-22-21-17(27-18)19-12-6-2-1-3-7-12/h4-5,8-9,12H,1-3,6-7,10-11H2,(H,19,21)(H,20,24). The largest absolute Gasteiger partial charge is 0.357 e. The van der Waals surface area contributed by atoms with Gasteiger partial charge in [-0.1, -0.05) is 54.5 Å². The Kier molecular flexibility index (Phi) is 5.58. The Balaban J connectivity index is 1.35. The summed E-state index contributed by atoms with van der Waals surface area (Å²) in [6.07, 6.45) is 6.19. The highest BCUT2D eigenvalue weighted by atomic mass is 32.2. The summed E-state index contributed by atoms with van der Waals surface area (Å²) in [6, 6.07) is 7.82. The van der Waals surface area contributed by atoms with E-state index in [0.717, 1.165) is 15.2 Å². The van der Waals surface area contributed by atoms with Crippen LogP contribution in [-0.4, -0.2) is 40.4 Å². The van der Waals surface area contributed by atoms with E-state index in [9.17, 15) is 9.59 Å². The van der Waals surface area contributed by atoms with Gasteiger partial charge in [-0.3, -0.25) is 9.59 Å². The van der Waals surface area contributed by atoms with Crippen molar-refractivity contribution in [1.82, 2.24) is 10.2 Å². The Morgan fingerprint density at radius 2 is 2.07 bits per heavy atom. The molecule has 9 heteroatoms. The lowest BCUT2D eigenvalue weighted by molar-refractivity contribution is -0.120. The number of hydrogen-bond acceptors (Lipinski definition) is 7. The molecule has 142 valence electrons. The summed E-state index contributed by atoms with van der Waals surface area (Å²) in [5, 5.41) is 15.4. The van der Waals surface area contributed by atoms with Gasteiger partial charge >= 0.3 is 0 Å². The van der Waals surface area contributed by atoms with Gasteiger partial charge in [-0.15, -0.1) is 10.2 Å². The third kappa shape index (κ3) is 4.41. The van der Waals surface area contributed by atoms with Crippen molar-refractivity contribution in [1.29, 1.82) is 0 Å². The van der Waals surface area contributed by atoms with Crippen molar-refractivity contribution in [2.24, 2.45) is 0 Å². The molecule has 1 fully saturated rings. The first-order chi connectivity index (χ1) is 13.2. The molecule has 2 amide bonds. The fourth-order valence-corrected chi connectivity index (χ4v) is 5.11. The SMILES string of the molecule is O=C1CN(C(=O)CSc2nnc(NC3CCCCC3)s2)c2ccccc2N1. The second-order valence-electron chi connectivity index (χ2n) is 6.69. The van der Waals surface area contributed by atoms with E-state index in [4.69, 9.17) is 0 Å². The molecule has 0 radical (unpaired) electrons. The molecular formula is C18H21N5O2S2. The molecule has 1 aliphatic heterocycles. The molecule has 0 unspecified atom stereocenters. The number of carbonyl (C=O) groups is 2. The highest BCUT2D eigenvalue weighted by molar-refractivity contribution is 8.01. The number of amides is 2. The Morgan fingerprint density at radius 1 is 1.26 bits per heavy atom. The Labute approximate surface area is 165 Å². The van der Waals surface area contributed by atoms with Gasteiger partial charge in [0.1, 0.15) is 6.54 Å². The molecule has 1 aromatic carbocycles. The van der Waals surface area contributed by atoms with Crippen LogP contribution in [0.1, 0.15) is 32.1 Å². The van der Waals surface area contributed by atoms with Crippen molar-refractivity contribution in [2.45, 2.75) is 42.5 Å². The molecular weight excluding hydrogens is 382 g/mol. The number of benzene rings is 1. The van der Waals surface area contributed by atoms with Gasteiger partial charge in [-0.2, -0.15) is 0 Å². The average molecular weight is 404 g/mol. The fraction of sp³-hybridized carbons (Fsp3) is 0.444. The summed E-state index contributed by atoms with van der Waals surface area (Å²) >= 11 is 2.84. The van der Waals surface area contributed by atoms with Gasteiger partial charge in [-0.25, -0.2) is 0 Å². The minimum Gasteiger partial charge on any atom is -0.357 e. The minimum atomic E-state index is -0.179. The van der Waals surface area contributed by atoms with Gasteiger partial charge < -0.3 is 15.5 Å². The highest BCUT2D eigenvalue weighted by Gasteiger charge is 2.26. The van der Waals surface area contributed by atoms with E-state index in [1.54, 1.807) is 6.07 Å². The maximum Gasteiger partial charge on any atom is 0.244 e. The van der Waals surface area contributed by atoms with Crippen LogP contribution in [0.4, 0.5) is 16.5 Å². The molecule has 7 nitrogen and oxygen atoms in total. The number of fused-ring (bicyclic) bond motifs is 1. The monoisotopic (exact) mass is 403 g/mol. The van der Waals surface area contributed by atoms with Gasteiger partial charge in [0.25, 0.3) is 0 Å². The zero-order valence-corrected chi connectivity index (χ0v) is 16.4. The number of aromatic nitrogens is 2. The quantitative estimate of drug-likeness (QED) is 0.745. The predicted octanol–water partition coefficient (Wildman–Crippen LogP) is 3.36. The van der Waals surface area contributed by atoms with Crippen molar-refractivity contribution in [2.75, 3.05) is 27.8 Å². The lowest BCUT2D eigenvalue weighted by atomic mass is 9.96. The molecule has 1 saturated carbocycles. The van der Waals surface area contributed by atoms with Crippen molar-refractivity contribution in [3.8, 4) is 0 Å². The number of hydrogen-bond donors (Lipinski definition) is 2. The summed E-state index contributed by atoms with van der Waals surface area (Å²) in [7, 11) is 0. The van der Waals surface area contributed by atoms with Crippen LogP contribution in [-0.2, 0) is 9.59 Å². The Bertz CT molecular complexity index is 835. The second kappa shape index (κ2) is 8.26. The number of para-hydroxylation sites is 2. The fourth-order valence-electron chi connectivity index (χ4n) is 3.41. The lowest BCUT2D eigenvalue weighted by Gasteiger charge is -2.28. The molecule has 1 aromatic heterocycles. The van der Waals surface area contributed by atoms with Crippen LogP contribution >= 0.6 is 23.1 Å². The number of rotatable bonds is 5. The zero-order valence-electron chi connectivity index (χ0n) is 14.8. The van der Waals surface area contributed by atoms with Gasteiger partial charge in [0.05, 0.1) is 17.1 Å². The van der Waals surface area contributed by atoms with Gasteiger partial charge in [0.2, 0.25) is 16.9 Å². The van der Waals surface area contributed by atoms with E-state index in [-0.39, 0.29) is 24.1 Å². The number of nitrogens with one attached hydrogen (secondary N) is 2. The van der Waals surface area contributed by atoms with Crippen LogP contribution in [0, 0.1) is 0 Å². The molecule has 4 rings (SSSR count). The second-order valence-corrected chi connectivity index (χ2v) is 8.89. The van der Waals surface area contributed by atoms with E-state index < -0.39 is 0 Å². The lowest BCUT2D eigenvalue weighted by Crippen LogP contribution is -2.43. The first-order valence-corrected chi connectivity index (χ1v) is 10.9. The third-order valence-electron chi connectivity index (χ3n) is 4.73. The maximum absolute atomic E-state index is 12.7. The molecule has 2 aromatic rings. The van der Waals surface area contributed by atoms with E-state index in [1.165, 1.54) is 60.1 Å². The van der Waals surface area contributed by atoms with Gasteiger partial charge in [0, 0.05) is 6.04 Å². The van der Waals surface area contributed by atoms with Crippen LogP contribution < -0.4 is 15.5 Å². The first kappa shape index (κ1) is 18.2. The topological polar surface area (TPSA) is 87.2 Å². The molecule has 2 heterocycles. The van der Waals surface area contributed by atoms with E-state index in [2.05, 4.69) is 20.8 Å². The first-order valence-electron chi connectivity index (χ1n) is 9.11. The zero-order chi connectivity index (χ0) is 18.6. The van der Waals surface area contributed by atoms with Gasteiger partial charge in [0.15, 0.2) is 4.34 Å². The predicted molar refractivity (Wildman–Crippen MR) is 109 cm³/mol. The number of anilines is 3. The van der Waals surface area contributed by atoms with E-state index >= 15 is 0 Å². The summed E-state index contributed by atoms with van der Waals surface area (Å²) < 4.78 is 0.761. The number of thioether (sulfide) groups is 1. The average Bonchev–Trinajstić information content (AvgIpc) is 3.13. The van der Waals surface area contributed by atoms with Crippen LogP contribution in [0.2, 0.25) is 0 Å². The van der Waals surface area contributed by atoms with Crippen molar-refractivity contribution in [3.05, 3.63) is 24.3 Å². The Morgan fingerprint density at radius 3 is 2.93 bits per heavy atom. The van der Waals surface area contributed by atoms with E-state index in [1.807, 2.05) is 18.2 Å². The van der Waals surface area contributed by atoms with Crippen LogP contribution in [0.15, 0.2) is 28.6 Å². The normalized spacial score (nSPS) is 17.3. The molecule has 27 heavy (non-hydrogen) atoms. The molecule has 2 aliphatic rings. The summed E-state index contributed by atoms with van der Waals surface area (Å²) in [6.45, 7) is 0.0427. The maximum atomic E-state index is 12.7. The summed E-state index contributed by atoms with van der Waals surface area (Å²) in [5.41, 5.74) is 1.40. The molecule has 0 atom stereocenters. The van der Waals surface area contributed by atoms with Crippen LogP contribution in [0.5, 0.6) is 0 Å². The van der Waals surface area contributed by atoms with Crippen molar-refractivity contribution < 1.29 is 9.59 Å². The smallest absolute Gasteiger partial charge is 0.244 e. The Hall–Kier alpha value is -2.13. The van der Waals surface area contributed by atoms with Crippen LogP contribution in [0.3, 0.4) is 0 Å². The number of carbonyl (C=O) groups excluding carboxylic acids is 2.